The van der Waals surface area contributed by atoms with Crippen LogP contribution < -0.4 is 15.4 Å². The number of nitrogens with one attached hydrogen (secondary N) is 2. The second-order valence-electron chi connectivity index (χ2n) is 6.10. The number of benzene rings is 2. The summed E-state index contributed by atoms with van der Waals surface area (Å²) < 4.78 is 29.0. The van der Waals surface area contributed by atoms with Crippen LogP contribution in [0.4, 0.5) is 8.78 Å². The molecular formula is C21H22F2N2O3. The third-order valence-corrected chi connectivity index (χ3v) is 3.95. The molecule has 2 aromatic rings. The Kier molecular flexibility index (Phi) is 7.68. The first-order valence-corrected chi connectivity index (χ1v) is 8.83. The van der Waals surface area contributed by atoms with Gasteiger partial charge in [-0.2, -0.15) is 8.78 Å². The lowest BCUT2D eigenvalue weighted by atomic mass is 10.1. The fraction of sp³-hybridized carbons (Fsp3) is 0.238. The normalized spacial score (nSPS) is 12.4. The molecule has 0 aliphatic rings. The zero-order valence-corrected chi connectivity index (χ0v) is 15.6. The molecule has 0 spiro atoms. The Morgan fingerprint density at radius 3 is 2.25 bits per heavy atom. The van der Waals surface area contributed by atoms with Gasteiger partial charge < -0.3 is 15.4 Å². The summed E-state index contributed by atoms with van der Waals surface area (Å²) in [7, 11) is 0. The maximum atomic E-state index is 12.5. The van der Waals surface area contributed by atoms with Gasteiger partial charge in [0.25, 0.3) is 5.91 Å². The Hall–Kier alpha value is -3.22. The second-order valence-corrected chi connectivity index (χ2v) is 6.10. The predicted molar refractivity (Wildman–Crippen MR) is 103 cm³/mol. The third kappa shape index (κ3) is 6.50. The number of amides is 2. The van der Waals surface area contributed by atoms with Crippen LogP contribution in [0.25, 0.3) is 5.70 Å². The number of hydrogen-bond acceptors (Lipinski definition) is 3. The fourth-order valence-corrected chi connectivity index (χ4v) is 2.31. The molecule has 2 rings (SSSR count). The summed E-state index contributed by atoms with van der Waals surface area (Å²) in [4.78, 5) is 24.8. The van der Waals surface area contributed by atoms with Crippen LogP contribution in [0.2, 0.25) is 0 Å². The van der Waals surface area contributed by atoms with E-state index >= 15 is 0 Å². The van der Waals surface area contributed by atoms with Crippen LogP contribution in [-0.4, -0.2) is 24.5 Å². The van der Waals surface area contributed by atoms with E-state index in [1.165, 1.54) is 30.3 Å². The van der Waals surface area contributed by atoms with Crippen LogP contribution in [0, 0.1) is 0 Å². The third-order valence-electron chi connectivity index (χ3n) is 3.95. The standard InChI is InChI=1S/C21H22F2N2O3/c1-3-14(2)24-19(26)13-18(25-20(27)16-7-5-4-6-8-16)15-9-11-17(12-10-15)28-21(22)23/h4-14,21H,3H2,1-2H3,(H,24,26)(H,25,27). The van der Waals surface area contributed by atoms with E-state index in [9.17, 15) is 18.4 Å². The SMILES string of the molecule is CCC(C)NC(=O)C=C(NC(=O)c1ccccc1)c1ccc(OC(F)F)cc1. The first kappa shape index (κ1) is 21.1. The Morgan fingerprint density at radius 2 is 1.68 bits per heavy atom. The lowest BCUT2D eigenvalue weighted by Crippen LogP contribution is -2.32. The number of rotatable bonds is 8. The highest BCUT2D eigenvalue weighted by atomic mass is 19.3. The molecule has 0 aliphatic heterocycles. The second kappa shape index (κ2) is 10.2. The molecular weight excluding hydrogens is 366 g/mol. The Balaban J connectivity index is 2.27. The van der Waals surface area contributed by atoms with Gasteiger partial charge in [0, 0.05) is 17.7 Å². The monoisotopic (exact) mass is 388 g/mol. The van der Waals surface area contributed by atoms with Crippen molar-refractivity contribution < 1.29 is 23.1 Å². The minimum absolute atomic E-state index is 0.0171. The van der Waals surface area contributed by atoms with Gasteiger partial charge in [-0.3, -0.25) is 9.59 Å². The molecule has 0 radical (unpaired) electrons. The van der Waals surface area contributed by atoms with Crippen molar-refractivity contribution in [1.29, 1.82) is 0 Å². The molecule has 28 heavy (non-hydrogen) atoms. The molecule has 0 aromatic heterocycles. The smallest absolute Gasteiger partial charge is 0.387 e. The van der Waals surface area contributed by atoms with Crippen molar-refractivity contribution in [2.24, 2.45) is 0 Å². The van der Waals surface area contributed by atoms with E-state index in [1.54, 1.807) is 30.3 Å². The zero-order valence-electron chi connectivity index (χ0n) is 15.6. The van der Waals surface area contributed by atoms with E-state index < -0.39 is 12.5 Å². The predicted octanol–water partition coefficient (Wildman–Crippen LogP) is 3.97. The van der Waals surface area contributed by atoms with Gasteiger partial charge in [0.05, 0.1) is 5.70 Å². The number of carbonyl (C=O) groups excluding carboxylic acids is 2. The van der Waals surface area contributed by atoms with Gasteiger partial charge >= 0.3 is 6.61 Å². The molecule has 0 fully saturated rings. The Morgan fingerprint density at radius 1 is 1.04 bits per heavy atom. The van der Waals surface area contributed by atoms with Crippen molar-refractivity contribution >= 4 is 17.5 Å². The van der Waals surface area contributed by atoms with Crippen LogP contribution >= 0.6 is 0 Å². The highest BCUT2D eigenvalue weighted by Crippen LogP contribution is 2.19. The summed E-state index contributed by atoms with van der Waals surface area (Å²) in [6, 6.07) is 14.2. The fourth-order valence-electron chi connectivity index (χ4n) is 2.31. The van der Waals surface area contributed by atoms with Crippen LogP contribution in [0.15, 0.2) is 60.7 Å². The lowest BCUT2D eigenvalue weighted by Gasteiger charge is -2.13. The molecule has 7 heteroatoms. The number of carbonyl (C=O) groups is 2. The highest BCUT2D eigenvalue weighted by Gasteiger charge is 2.13. The maximum Gasteiger partial charge on any atom is 0.387 e. The van der Waals surface area contributed by atoms with E-state index in [2.05, 4.69) is 15.4 Å². The Labute approximate surface area is 162 Å². The van der Waals surface area contributed by atoms with E-state index in [1.807, 2.05) is 13.8 Å². The van der Waals surface area contributed by atoms with Crippen LogP contribution in [-0.2, 0) is 4.79 Å². The first-order chi connectivity index (χ1) is 13.4. The van der Waals surface area contributed by atoms with Crippen molar-refractivity contribution in [3.8, 4) is 5.75 Å². The number of alkyl halides is 2. The molecule has 0 bridgehead atoms. The van der Waals surface area contributed by atoms with Gasteiger partial charge in [-0.05, 0) is 55.3 Å². The first-order valence-electron chi connectivity index (χ1n) is 8.83. The van der Waals surface area contributed by atoms with E-state index in [4.69, 9.17) is 0 Å². The van der Waals surface area contributed by atoms with E-state index in [0.717, 1.165) is 6.42 Å². The van der Waals surface area contributed by atoms with E-state index in [0.29, 0.717) is 11.1 Å². The quantitative estimate of drug-likeness (QED) is 0.673. The average Bonchev–Trinajstić information content (AvgIpc) is 2.68. The van der Waals surface area contributed by atoms with Crippen molar-refractivity contribution in [2.75, 3.05) is 0 Å². The maximum absolute atomic E-state index is 12.5. The summed E-state index contributed by atoms with van der Waals surface area (Å²) in [6.07, 6.45) is 2.03. The Bertz CT molecular complexity index is 821. The van der Waals surface area contributed by atoms with Gasteiger partial charge in [-0.15, -0.1) is 0 Å². The molecule has 0 heterocycles. The van der Waals surface area contributed by atoms with Gasteiger partial charge in [0.15, 0.2) is 0 Å². The number of ether oxygens (including phenoxy) is 1. The zero-order chi connectivity index (χ0) is 20.5. The van der Waals surface area contributed by atoms with E-state index in [-0.39, 0.29) is 23.4 Å². The summed E-state index contributed by atoms with van der Waals surface area (Å²) in [5, 5.41) is 5.49. The molecule has 1 atom stereocenters. The number of halogens is 2. The summed E-state index contributed by atoms with van der Waals surface area (Å²) in [5.74, 6) is -0.779. The summed E-state index contributed by atoms with van der Waals surface area (Å²) in [6.45, 7) is 0.874. The highest BCUT2D eigenvalue weighted by molar-refractivity contribution is 6.03. The lowest BCUT2D eigenvalue weighted by molar-refractivity contribution is -0.117. The molecule has 2 N–H and O–H groups in total. The van der Waals surface area contributed by atoms with Gasteiger partial charge in [-0.1, -0.05) is 25.1 Å². The summed E-state index contributed by atoms with van der Waals surface area (Å²) in [5.41, 5.74) is 1.15. The molecule has 148 valence electrons. The average molecular weight is 388 g/mol. The van der Waals surface area contributed by atoms with Crippen molar-refractivity contribution in [2.45, 2.75) is 32.9 Å². The van der Waals surface area contributed by atoms with Crippen molar-refractivity contribution in [3.63, 3.8) is 0 Å². The molecule has 0 saturated heterocycles. The molecule has 5 nitrogen and oxygen atoms in total. The van der Waals surface area contributed by atoms with Gasteiger partial charge in [0.2, 0.25) is 5.91 Å². The molecule has 1 unspecified atom stereocenters. The molecule has 0 aliphatic carbocycles. The van der Waals surface area contributed by atoms with Crippen molar-refractivity contribution in [1.82, 2.24) is 10.6 Å². The molecule has 0 saturated carbocycles. The number of hydrogen-bond donors (Lipinski definition) is 2. The molecule has 2 aromatic carbocycles. The summed E-state index contributed by atoms with van der Waals surface area (Å²) >= 11 is 0. The van der Waals surface area contributed by atoms with Gasteiger partial charge in [0.1, 0.15) is 5.75 Å². The van der Waals surface area contributed by atoms with Crippen molar-refractivity contribution in [3.05, 3.63) is 71.8 Å². The van der Waals surface area contributed by atoms with Crippen LogP contribution in [0.3, 0.4) is 0 Å². The van der Waals surface area contributed by atoms with Gasteiger partial charge in [-0.25, -0.2) is 0 Å². The minimum Gasteiger partial charge on any atom is -0.435 e. The largest absolute Gasteiger partial charge is 0.435 e. The minimum atomic E-state index is -2.93. The van der Waals surface area contributed by atoms with Crippen LogP contribution in [0.5, 0.6) is 5.75 Å². The topological polar surface area (TPSA) is 67.4 Å². The molecule has 2 amide bonds. The van der Waals surface area contributed by atoms with Crippen LogP contribution in [0.1, 0.15) is 36.2 Å².